The van der Waals surface area contributed by atoms with Gasteiger partial charge in [0.1, 0.15) is 11.7 Å². The summed E-state index contributed by atoms with van der Waals surface area (Å²) in [5.74, 6) is -1.84. The SMILES string of the molecule is CC(NC(=O)c1cc(C(F)(F)F)nn1C)c1nc(-c2cccc(C(=O)O)c2)no1. The zero-order valence-electron chi connectivity index (χ0n) is 15.1. The van der Waals surface area contributed by atoms with Gasteiger partial charge in [-0.3, -0.25) is 9.48 Å². The Bertz CT molecular complexity index is 1070. The van der Waals surface area contributed by atoms with E-state index in [0.29, 0.717) is 11.6 Å². The molecular formula is C17H14F3N5O4. The third kappa shape index (κ3) is 4.25. The molecule has 0 fully saturated rings. The van der Waals surface area contributed by atoms with Crippen molar-refractivity contribution in [1.82, 2.24) is 25.2 Å². The molecule has 1 amide bonds. The molecule has 0 spiro atoms. The van der Waals surface area contributed by atoms with Crippen LogP contribution in [0.1, 0.15) is 45.4 Å². The Morgan fingerprint density at radius 1 is 1.28 bits per heavy atom. The molecule has 152 valence electrons. The van der Waals surface area contributed by atoms with Crippen LogP contribution < -0.4 is 5.32 Å². The van der Waals surface area contributed by atoms with Crippen LogP contribution in [0.2, 0.25) is 0 Å². The van der Waals surface area contributed by atoms with Crippen molar-refractivity contribution in [3.05, 3.63) is 53.2 Å². The minimum atomic E-state index is -4.67. The first-order valence-corrected chi connectivity index (χ1v) is 8.15. The van der Waals surface area contributed by atoms with Crippen molar-refractivity contribution in [3.63, 3.8) is 0 Å². The van der Waals surface area contributed by atoms with E-state index in [-0.39, 0.29) is 23.0 Å². The third-order valence-corrected chi connectivity index (χ3v) is 3.93. The molecule has 0 saturated heterocycles. The van der Waals surface area contributed by atoms with Crippen molar-refractivity contribution in [2.45, 2.75) is 19.1 Å². The summed E-state index contributed by atoms with van der Waals surface area (Å²) >= 11 is 0. The monoisotopic (exact) mass is 409 g/mol. The van der Waals surface area contributed by atoms with Crippen molar-refractivity contribution >= 4 is 11.9 Å². The Hall–Kier alpha value is -3.70. The van der Waals surface area contributed by atoms with Crippen molar-refractivity contribution in [1.29, 1.82) is 0 Å². The lowest BCUT2D eigenvalue weighted by atomic mass is 10.1. The molecule has 1 unspecified atom stereocenters. The second-order valence-electron chi connectivity index (χ2n) is 6.07. The summed E-state index contributed by atoms with van der Waals surface area (Å²) < 4.78 is 44.1. The molecule has 0 radical (unpaired) electrons. The molecule has 0 aliphatic heterocycles. The predicted octanol–water partition coefficient (Wildman–Crippen LogP) is 2.68. The summed E-state index contributed by atoms with van der Waals surface area (Å²) in [6.07, 6.45) is -4.67. The molecule has 2 heterocycles. The highest BCUT2D eigenvalue weighted by Crippen LogP contribution is 2.28. The molecular weight excluding hydrogens is 395 g/mol. The number of hydrogen-bond donors (Lipinski definition) is 2. The number of carbonyl (C=O) groups excluding carboxylic acids is 1. The zero-order valence-corrected chi connectivity index (χ0v) is 15.1. The summed E-state index contributed by atoms with van der Waals surface area (Å²) in [6.45, 7) is 1.50. The van der Waals surface area contributed by atoms with Gasteiger partial charge in [-0.15, -0.1) is 0 Å². The van der Waals surface area contributed by atoms with Crippen LogP contribution in [0.15, 0.2) is 34.9 Å². The van der Waals surface area contributed by atoms with Gasteiger partial charge in [0.25, 0.3) is 5.91 Å². The number of carboxylic acid groups (broad SMARTS) is 1. The second-order valence-corrected chi connectivity index (χ2v) is 6.07. The number of nitrogens with one attached hydrogen (secondary N) is 1. The van der Waals surface area contributed by atoms with Crippen LogP contribution in [0.5, 0.6) is 0 Å². The number of aromatic carboxylic acids is 1. The van der Waals surface area contributed by atoms with Crippen molar-refractivity contribution < 1.29 is 32.4 Å². The standard InChI is InChI=1S/C17H14F3N5O4/c1-8(21-14(26)11-7-12(17(18,19)20)23-25(11)2)15-22-13(24-29-15)9-4-3-5-10(6-9)16(27)28/h3-8H,1-2H3,(H,21,26)(H,27,28). The largest absolute Gasteiger partial charge is 0.478 e. The Morgan fingerprint density at radius 2 is 2.00 bits per heavy atom. The first-order chi connectivity index (χ1) is 13.6. The number of amides is 1. The summed E-state index contributed by atoms with van der Waals surface area (Å²) in [5.41, 5.74) is -1.05. The van der Waals surface area contributed by atoms with E-state index in [2.05, 4.69) is 20.6 Å². The molecule has 9 nitrogen and oxygen atoms in total. The molecule has 0 aliphatic carbocycles. The lowest BCUT2D eigenvalue weighted by Crippen LogP contribution is -2.28. The van der Waals surface area contributed by atoms with Crippen molar-refractivity contribution in [2.75, 3.05) is 0 Å². The van der Waals surface area contributed by atoms with Crippen LogP contribution in [-0.4, -0.2) is 36.9 Å². The van der Waals surface area contributed by atoms with Crippen LogP contribution in [0, 0.1) is 0 Å². The highest BCUT2D eigenvalue weighted by atomic mass is 19.4. The van der Waals surface area contributed by atoms with Crippen LogP contribution >= 0.6 is 0 Å². The molecule has 3 rings (SSSR count). The van der Waals surface area contributed by atoms with E-state index in [1.165, 1.54) is 32.2 Å². The Kier molecular flexibility index (Phi) is 5.10. The highest BCUT2D eigenvalue weighted by molar-refractivity contribution is 5.93. The van der Waals surface area contributed by atoms with Crippen LogP contribution in [0.4, 0.5) is 13.2 Å². The number of aromatic nitrogens is 4. The fourth-order valence-corrected chi connectivity index (χ4v) is 2.47. The predicted molar refractivity (Wildman–Crippen MR) is 90.8 cm³/mol. The second kappa shape index (κ2) is 7.37. The number of aryl methyl sites for hydroxylation is 1. The zero-order chi connectivity index (χ0) is 21.3. The van der Waals surface area contributed by atoms with Gasteiger partial charge in [-0.1, -0.05) is 17.3 Å². The van der Waals surface area contributed by atoms with E-state index in [1.807, 2.05) is 0 Å². The van der Waals surface area contributed by atoms with Gasteiger partial charge >= 0.3 is 12.1 Å². The first kappa shape index (κ1) is 20.0. The van der Waals surface area contributed by atoms with Crippen molar-refractivity contribution in [3.8, 4) is 11.4 Å². The number of halogens is 3. The number of carbonyl (C=O) groups is 2. The molecule has 12 heteroatoms. The van der Waals surface area contributed by atoms with E-state index in [9.17, 15) is 22.8 Å². The summed E-state index contributed by atoms with van der Waals surface area (Å²) in [5, 5.41) is 18.5. The number of benzene rings is 1. The summed E-state index contributed by atoms with van der Waals surface area (Å²) in [6, 6.07) is 5.67. The van der Waals surface area contributed by atoms with Gasteiger partial charge in [0.2, 0.25) is 11.7 Å². The number of carboxylic acids is 1. The molecule has 0 bridgehead atoms. The van der Waals surface area contributed by atoms with Gasteiger partial charge in [0.15, 0.2) is 5.69 Å². The lowest BCUT2D eigenvalue weighted by molar-refractivity contribution is -0.141. The fourth-order valence-electron chi connectivity index (χ4n) is 2.47. The number of hydrogen-bond acceptors (Lipinski definition) is 6. The number of alkyl halides is 3. The molecule has 3 aromatic rings. The average Bonchev–Trinajstić information content (AvgIpc) is 3.28. The minimum absolute atomic E-state index is 0.00714. The molecule has 0 saturated carbocycles. The van der Waals surface area contributed by atoms with Crippen molar-refractivity contribution in [2.24, 2.45) is 7.05 Å². The van der Waals surface area contributed by atoms with Gasteiger partial charge < -0.3 is 14.9 Å². The van der Waals surface area contributed by atoms with Crippen LogP contribution in [-0.2, 0) is 13.2 Å². The maximum atomic E-state index is 12.7. The third-order valence-electron chi connectivity index (χ3n) is 3.93. The number of nitrogens with zero attached hydrogens (tertiary/aromatic N) is 4. The first-order valence-electron chi connectivity index (χ1n) is 8.15. The highest BCUT2D eigenvalue weighted by Gasteiger charge is 2.35. The molecule has 2 aromatic heterocycles. The lowest BCUT2D eigenvalue weighted by Gasteiger charge is -2.09. The van der Waals surface area contributed by atoms with Gasteiger partial charge in [0, 0.05) is 18.7 Å². The normalized spacial score (nSPS) is 12.6. The Balaban J connectivity index is 1.76. The minimum Gasteiger partial charge on any atom is -0.478 e. The van der Waals surface area contributed by atoms with E-state index in [4.69, 9.17) is 9.63 Å². The molecule has 0 aliphatic rings. The van der Waals surface area contributed by atoms with E-state index >= 15 is 0 Å². The molecule has 29 heavy (non-hydrogen) atoms. The molecule has 2 N–H and O–H groups in total. The average molecular weight is 409 g/mol. The maximum absolute atomic E-state index is 12.7. The summed E-state index contributed by atoms with van der Waals surface area (Å²) in [4.78, 5) is 27.5. The van der Waals surface area contributed by atoms with Crippen LogP contribution in [0.25, 0.3) is 11.4 Å². The van der Waals surface area contributed by atoms with Crippen LogP contribution in [0.3, 0.4) is 0 Å². The Labute approximate surface area is 161 Å². The molecule has 1 aromatic carbocycles. The fraction of sp³-hybridized carbons (Fsp3) is 0.235. The number of rotatable bonds is 5. The van der Waals surface area contributed by atoms with E-state index in [0.717, 1.165) is 4.68 Å². The Morgan fingerprint density at radius 3 is 2.62 bits per heavy atom. The molecule has 1 atom stereocenters. The smallest absolute Gasteiger partial charge is 0.435 e. The maximum Gasteiger partial charge on any atom is 0.435 e. The van der Waals surface area contributed by atoms with Gasteiger partial charge in [-0.25, -0.2) is 4.79 Å². The summed E-state index contributed by atoms with van der Waals surface area (Å²) in [7, 11) is 1.22. The quantitative estimate of drug-likeness (QED) is 0.664. The van der Waals surface area contributed by atoms with E-state index < -0.39 is 29.8 Å². The van der Waals surface area contributed by atoms with Gasteiger partial charge in [0.05, 0.1) is 5.56 Å². The van der Waals surface area contributed by atoms with Gasteiger partial charge in [-0.05, 0) is 19.1 Å². The van der Waals surface area contributed by atoms with Gasteiger partial charge in [-0.2, -0.15) is 23.3 Å². The topological polar surface area (TPSA) is 123 Å². The van der Waals surface area contributed by atoms with E-state index in [1.54, 1.807) is 6.07 Å².